The third kappa shape index (κ3) is 3.97. The van der Waals surface area contributed by atoms with Gasteiger partial charge in [-0.05, 0) is 0 Å². The van der Waals surface area contributed by atoms with Gasteiger partial charge in [0.25, 0.3) is 0 Å². The summed E-state index contributed by atoms with van der Waals surface area (Å²) in [6.45, 7) is 0.775. The first-order valence-electron chi connectivity index (χ1n) is 4.08. The Morgan fingerprint density at radius 3 is 3.08 bits per heavy atom. The number of nitrogens with one attached hydrogen (secondary N) is 1. The molecule has 0 aliphatic rings. The minimum atomic E-state index is -0.706. The van der Waals surface area contributed by atoms with E-state index in [1.807, 2.05) is 0 Å². The summed E-state index contributed by atoms with van der Waals surface area (Å²) >= 11 is 0. The second-order valence-electron chi connectivity index (χ2n) is 2.63. The maximum Gasteiger partial charge on any atom is 0.227 e. The van der Waals surface area contributed by atoms with Gasteiger partial charge < -0.3 is 20.1 Å². The highest BCUT2D eigenvalue weighted by Gasteiger charge is 2.01. The molecule has 0 fully saturated rings. The van der Waals surface area contributed by atoms with Gasteiger partial charge >= 0.3 is 0 Å². The number of hydrogen-bond donors (Lipinski definition) is 3. The average Bonchev–Trinajstić information content (AvgIpc) is 2.64. The van der Waals surface area contributed by atoms with Gasteiger partial charge in [0.2, 0.25) is 5.89 Å². The summed E-state index contributed by atoms with van der Waals surface area (Å²) in [5.41, 5.74) is 0. The smallest absolute Gasteiger partial charge is 0.227 e. The fraction of sp³-hybridized carbons (Fsp3) is 0.714. The summed E-state index contributed by atoms with van der Waals surface area (Å²) < 4.78 is 4.75. The standard InChI is InChI=1S/C7H13N3O3/c11-4-6(12)3-8-2-1-7-9-5-10-13-7/h5-6,8,11-12H,1-4H2. The fourth-order valence-corrected chi connectivity index (χ4v) is 0.835. The maximum atomic E-state index is 8.95. The average molecular weight is 187 g/mol. The van der Waals surface area contributed by atoms with Gasteiger partial charge in [-0.25, -0.2) is 0 Å². The minimum absolute atomic E-state index is 0.229. The zero-order chi connectivity index (χ0) is 9.52. The molecule has 1 aromatic rings. The summed E-state index contributed by atoms with van der Waals surface area (Å²) in [6, 6.07) is 0. The largest absolute Gasteiger partial charge is 0.394 e. The Balaban J connectivity index is 2.02. The Labute approximate surface area is 75.6 Å². The van der Waals surface area contributed by atoms with Crippen LogP contribution < -0.4 is 5.32 Å². The van der Waals surface area contributed by atoms with E-state index in [1.165, 1.54) is 6.33 Å². The summed E-state index contributed by atoms with van der Waals surface area (Å²) in [6.07, 6.45) is 1.26. The number of aromatic nitrogens is 2. The first-order chi connectivity index (χ1) is 6.33. The molecule has 1 aromatic heterocycles. The van der Waals surface area contributed by atoms with Crippen molar-refractivity contribution in [2.75, 3.05) is 19.7 Å². The van der Waals surface area contributed by atoms with Crippen LogP contribution in [-0.4, -0.2) is 46.2 Å². The van der Waals surface area contributed by atoms with E-state index in [2.05, 4.69) is 15.5 Å². The van der Waals surface area contributed by atoms with Gasteiger partial charge in [-0.2, -0.15) is 4.98 Å². The van der Waals surface area contributed by atoms with Crippen molar-refractivity contribution in [3.05, 3.63) is 12.2 Å². The second-order valence-corrected chi connectivity index (χ2v) is 2.63. The molecule has 0 aliphatic carbocycles. The zero-order valence-electron chi connectivity index (χ0n) is 7.18. The van der Waals surface area contributed by atoms with Crippen LogP contribution in [0.3, 0.4) is 0 Å². The van der Waals surface area contributed by atoms with E-state index in [9.17, 15) is 0 Å². The third-order valence-corrected chi connectivity index (χ3v) is 1.51. The predicted octanol–water partition coefficient (Wildman–Crippen LogP) is -1.45. The number of hydrogen-bond acceptors (Lipinski definition) is 6. The zero-order valence-corrected chi connectivity index (χ0v) is 7.18. The molecule has 1 rings (SSSR count). The molecule has 1 unspecified atom stereocenters. The Hall–Kier alpha value is -0.980. The molecule has 1 atom stereocenters. The second kappa shape index (κ2) is 5.63. The lowest BCUT2D eigenvalue weighted by molar-refractivity contribution is 0.0945. The van der Waals surface area contributed by atoms with Gasteiger partial charge in [0.05, 0.1) is 12.7 Å². The van der Waals surface area contributed by atoms with Crippen molar-refractivity contribution >= 4 is 0 Å². The Bertz CT molecular complexity index is 215. The Morgan fingerprint density at radius 1 is 1.62 bits per heavy atom. The molecule has 0 saturated heterocycles. The van der Waals surface area contributed by atoms with E-state index in [0.717, 1.165) is 0 Å². The van der Waals surface area contributed by atoms with Crippen LogP contribution in [0.1, 0.15) is 5.89 Å². The van der Waals surface area contributed by atoms with Crippen LogP contribution >= 0.6 is 0 Å². The van der Waals surface area contributed by atoms with E-state index >= 15 is 0 Å². The molecule has 0 saturated carbocycles. The van der Waals surface area contributed by atoms with Crippen molar-refractivity contribution in [3.63, 3.8) is 0 Å². The van der Waals surface area contributed by atoms with Crippen LogP contribution in [-0.2, 0) is 6.42 Å². The van der Waals surface area contributed by atoms with Crippen LogP contribution in [0.4, 0.5) is 0 Å². The van der Waals surface area contributed by atoms with Crippen LogP contribution in [0.25, 0.3) is 0 Å². The number of rotatable bonds is 6. The summed E-state index contributed by atoms with van der Waals surface area (Å²) in [7, 11) is 0. The van der Waals surface area contributed by atoms with E-state index < -0.39 is 6.10 Å². The first-order valence-corrected chi connectivity index (χ1v) is 4.08. The highest BCUT2D eigenvalue weighted by atomic mass is 16.5. The van der Waals surface area contributed by atoms with E-state index in [-0.39, 0.29) is 6.61 Å². The number of aliphatic hydroxyl groups excluding tert-OH is 2. The van der Waals surface area contributed by atoms with Crippen molar-refractivity contribution in [1.82, 2.24) is 15.5 Å². The van der Waals surface area contributed by atoms with Gasteiger partial charge in [-0.1, -0.05) is 5.16 Å². The monoisotopic (exact) mass is 187 g/mol. The molecule has 74 valence electrons. The molecule has 0 aliphatic heterocycles. The lowest BCUT2D eigenvalue weighted by Crippen LogP contribution is -2.30. The van der Waals surface area contributed by atoms with Crippen LogP contribution in [0.15, 0.2) is 10.9 Å². The normalized spacial score (nSPS) is 13.1. The fourth-order valence-electron chi connectivity index (χ4n) is 0.835. The van der Waals surface area contributed by atoms with Gasteiger partial charge in [0.1, 0.15) is 0 Å². The number of nitrogens with zero attached hydrogens (tertiary/aromatic N) is 2. The lowest BCUT2D eigenvalue weighted by Gasteiger charge is -2.06. The summed E-state index contributed by atoms with van der Waals surface area (Å²) in [4.78, 5) is 3.82. The summed E-state index contributed by atoms with van der Waals surface area (Å²) in [5, 5.41) is 23.8. The molecule has 0 aromatic carbocycles. The molecule has 0 amide bonds. The molecule has 0 spiro atoms. The van der Waals surface area contributed by atoms with Gasteiger partial charge in [-0.3, -0.25) is 0 Å². The molecular weight excluding hydrogens is 174 g/mol. The highest BCUT2D eigenvalue weighted by molar-refractivity contribution is 4.75. The molecular formula is C7H13N3O3. The van der Waals surface area contributed by atoms with Crippen molar-refractivity contribution in [1.29, 1.82) is 0 Å². The van der Waals surface area contributed by atoms with Gasteiger partial charge in [-0.15, -0.1) is 0 Å². The minimum Gasteiger partial charge on any atom is -0.394 e. The SMILES string of the molecule is OCC(O)CNCCc1ncno1. The van der Waals surface area contributed by atoms with E-state index in [0.29, 0.717) is 25.4 Å². The van der Waals surface area contributed by atoms with Crippen molar-refractivity contribution in [2.45, 2.75) is 12.5 Å². The molecule has 6 nitrogen and oxygen atoms in total. The highest BCUT2D eigenvalue weighted by Crippen LogP contribution is 1.90. The van der Waals surface area contributed by atoms with Crippen molar-refractivity contribution < 1.29 is 14.7 Å². The molecule has 1 heterocycles. The molecule has 13 heavy (non-hydrogen) atoms. The topological polar surface area (TPSA) is 91.4 Å². The number of aliphatic hydroxyl groups is 2. The molecule has 3 N–H and O–H groups in total. The molecule has 6 heteroatoms. The lowest BCUT2D eigenvalue weighted by atomic mass is 10.3. The quantitative estimate of drug-likeness (QED) is 0.472. The Morgan fingerprint density at radius 2 is 2.46 bits per heavy atom. The first kappa shape index (κ1) is 10.1. The van der Waals surface area contributed by atoms with Crippen LogP contribution in [0, 0.1) is 0 Å². The third-order valence-electron chi connectivity index (χ3n) is 1.51. The van der Waals surface area contributed by atoms with Gasteiger partial charge in [0.15, 0.2) is 6.33 Å². The van der Waals surface area contributed by atoms with Crippen LogP contribution in [0.2, 0.25) is 0 Å². The van der Waals surface area contributed by atoms with E-state index in [4.69, 9.17) is 14.7 Å². The van der Waals surface area contributed by atoms with Crippen molar-refractivity contribution in [3.8, 4) is 0 Å². The van der Waals surface area contributed by atoms with Crippen molar-refractivity contribution in [2.24, 2.45) is 0 Å². The Kier molecular flexibility index (Phi) is 4.37. The summed E-state index contributed by atoms with van der Waals surface area (Å²) in [5.74, 6) is 0.561. The van der Waals surface area contributed by atoms with Crippen LogP contribution in [0.5, 0.6) is 0 Å². The van der Waals surface area contributed by atoms with E-state index in [1.54, 1.807) is 0 Å². The molecule has 0 bridgehead atoms. The van der Waals surface area contributed by atoms with Gasteiger partial charge in [0, 0.05) is 19.5 Å². The maximum absolute atomic E-state index is 8.95. The predicted molar refractivity (Wildman–Crippen MR) is 44.0 cm³/mol. The molecule has 0 radical (unpaired) electrons.